The number of carbonyl (C=O) groups is 1. The van der Waals surface area contributed by atoms with Crippen LogP contribution in [0.1, 0.15) is 73.3 Å². The third-order valence-corrected chi connectivity index (χ3v) is 7.37. The van der Waals surface area contributed by atoms with Crippen molar-refractivity contribution < 1.29 is 9.90 Å². The van der Waals surface area contributed by atoms with Crippen LogP contribution >= 0.6 is 0 Å². The van der Waals surface area contributed by atoms with Crippen LogP contribution in [-0.4, -0.2) is 55.8 Å². The molecule has 0 atom stereocenters. The van der Waals surface area contributed by atoms with Gasteiger partial charge in [-0.1, -0.05) is 25.0 Å². The smallest absolute Gasteiger partial charge is 0.335 e. The summed E-state index contributed by atoms with van der Waals surface area (Å²) in [7, 11) is 0. The van der Waals surface area contributed by atoms with Crippen molar-refractivity contribution in [1.82, 2.24) is 24.8 Å². The van der Waals surface area contributed by atoms with Crippen LogP contribution in [0.4, 0.5) is 11.8 Å². The SMILES string of the molecule is NC1CCC(Nc2nc(NCCNCc3ccc(C(=O)O)cc3)c3ncn(C4CCCC4)c3n2)CC1. The molecule has 6 N–H and O–H groups in total. The van der Waals surface area contributed by atoms with Gasteiger partial charge in [0.1, 0.15) is 0 Å². The van der Waals surface area contributed by atoms with Gasteiger partial charge in [-0.3, -0.25) is 0 Å². The zero-order valence-corrected chi connectivity index (χ0v) is 20.6. The van der Waals surface area contributed by atoms with Gasteiger partial charge < -0.3 is 31.4 Å². The highest BCUT2D eigenvalue weighted by molar-refractivity contribution is 5.87. The number of rotatable bonds is 10. The summed E-state index contributed by atoms with van der Waals surface area (Å²) in [6, 6.07) is 8.02. The molecule has 2 aromatic heterocycles. The van der Waals surface area contributed by atoms with Gasteiger partial charge in [-0.2, -0.15) is 9.97 Å². The van der Waals surface area contributed by atoms with Gasteiger partial charge in [-0.15, -0.1) is 0 Å². The lowest BCUT2D eigenvalue weighted by molar-refractivity contribution is 0.0697. The van der Waals surface area contributed by atoms with Crippen LogP contribution in [0.3, 0.4) is 0 Å². The number of aromatic nitrogens is 4. The monoisotopic (exact) mass is 492 g/mol. The van der Waals surface area contributed by atoms with Crippen molar-refractivity contribution in [1.29, 1.82) is 0 Å². The number of hydrogen-bond acceptors (Lipinski definition) is 8. The Hall–Kier alpha value is -3.24. The number of nitrogens with zero attached hydrogens (tertiary/aromatic N) is 4. The lowest BCUT2D eigenvalue weighted by atomic mass is 9.92. The number of fused-ring (bicyclic) bond motifs is 1. The van der Waals surface area contributed by atoms with Crippen molar-refractivity contribution >= 4 is 28.9 Å². The van der Waals surface area contributed by atoms with Crippen molar-refractivity contribution in [2.45, 2.75) is 76.0 Å². The maximum Gasteiger partial charge on any atom is 0.335 e. The van der Waals surface area contributed by atoms with Crippen molar-refractivity contribution in [2.75, 3.05) is 23.7 Å². The minimum atomic E-state index is -0.911. The number of carboxylic acid groups (broad SMARTS) is 1. The van der Waals surface area contributed by atoms with Crippen LogP contribution in [0.5, 0.6) is 0 Å². The Morgan fingerprint density at radius 1 is 1.03 bits per heavy atom. The molecular weight excluding hydrogens is 456 g/mol. The summed E-state index contributed by atoms with van der Waals surface area (Å²) >= 11 is 0. The summed E-state index contributed by atoms with van der Waals surface area (Å²) in [4.78, 5) is 25.4. The Bertz CT molecular complexity index is 1160. The van der Waals surface area contributed by atoms with Crippen molar-refractivity contribution in [3.8, 4) is 0 Å². The van der Waals surface area contributed by atoms with E-state index in [0.717, 1.165) is 54.8 Å². The third-order valence-electron chi connectivity index (χ3n) is 7.37. The van der Waals surface area contributed by atoms with E-state index in [9.17, 15) is 4.79 Å². The molecule has 0 unspecified atom stereocenters. The van der Waals surface area contributed by atoms with Crippen LogP contribution < -0.4 is 21.7 Å². The molecule has 2 saturated carbocycles. The molecule has 2 aliphatic rings. The van der Waals surface area contributed by atoms with Crippen LogP contribution in [0.25, 0.3) is 11.2 Å². The summed E-state index contributed by atoms with van der Waals surface area (Å²) in [5, 5.41) is 19.5. The topological polar surface area (TPSA) is 143 Å². The van der Waals surface area contributed by atoms with E-state index < -0.39 is 5.97 Å². The van der Waals surface area contributed by atoms with Crippen molar-refractivity contribution in [3.05, 3.63) is 41.7 Å². The molecule has 0 aliphatic heterocycles. The molecule has 36 heavy (non-hydrogen) atoms. The predicted molar refractivity (Wildman–Crippen MR) is 140 cm³/mol. The first-order valence-electron chi connectivity index (χ1n) is 13.1. The van der Waals surface area contributed by atoms with Gasteiger partial charge in [-0.25, -0.2) is 9.78 Å². The number of imidazole rings is 1. The average Bonchev–Trinajstić information content (AvgIpc) is 3.55. The number of anilines is 2. The maximum atomic E-state index is 11.0. The van der Waals surface area contributed by atoms with Gasteiger partial charge in [-0.05, 0) is 56.2 Å². The number of benzene rings is 1. The zero-order chi connectivity index (χ0) is 24.9. The minimum absolute atomic E-state index is 0.297. The first kappa shape index (κ1) is 24.5. The van der Waals surface area contributed by atoms with Gasteiger partial charge in [0.15, 0.2) is 17.0 Å². The fraction of sp³-hybridized carbons (Fsp3) is 0.538. The molecule has 2 fully saturated rings. The Morgan fingerprint density at radius 2 is 1.78 bits per heavy atom. The Labute approximate surface area is 211 Å². The highest BCUT2D eigenvalue weighted by Crippen LogP contribution is 2.33. The first-order chi connectivity index (χ1) is 17.6. The largest absolute Gasteiger partial charge is 0.478 e. The summed E-state index contributed by atoms with van der Waals surface area (Å²) in [5.74, 6) is 0.488. The summed E-state index contributed by atoms with van der Waals surface area (Å²) in [6.07, 6.45) is 10.9. The van der Waals surface area contributed by atoms with E-state index >= 15 is 0 Å². The lowest BCUT2D eigenvalue weighted by Gasteiger charge is -2.27. The molecule has 192 valence electrons. The Morgan fingerprint density at radius 3 is 2.50 bits per heavy atom. The molecule has 0 saturated heterocycles. The van der Waals surface area contributed by atoms with Gasteiger partial charge in [0.05, 0.1) is 11.9 Å². The molecular formula is C26H36N8O2. The molecule has 0 spiro atoms. The van der Waals surface area contributed by atoms with E-state index in [1.54, 1.807) is 12.1 Å². The van der Waals surface area contributed by atoms with E-state index in [4.69, 9.17) is 25.8 Å². The highest BCUT2D eigenvalue weighted by atomic mass is 16.4. The van der Waals surface area contributed by atoms with Gasteiger partial charge >= 0.3 is 5.97 Å². The molecule has 0 amide bonds. The molecule has 2 aliphatic carbocycles. The standard InChI is InChI=1S/C26H36N8O2/c27-19-9-11-20(12-10-19)31-26-32-23(22-24(33-26)34(16-30-22)21-3-1-2-4-21)29-14-13-28-15-17-5-7-18(8-6-17)25(35)36/h5-8,16,19-21,28H,1-4,9-15,27H2,(H,35,36)(H2,29,31,32,33). The molecule has 3 aromatic rings. The Balaban J connectivity index is 1.25. The fourth-order valence-corrected chi connectivity index (χ4v) is 5.27. The molecule has 0 bridgehead atoms. The average molecular weight is 493 g/mol. The zero-order valence-electron chi connectivity index (χ0n) is 20.6. The number of nitrogens with one attached hydrogen (secondary N) is 3. The second-order valence-electron chi connectivity index (χ2n) is 10.0. The normalized spacial score (nSPS) is 20.6. The molecule has 0 radical (unpaired) electrons. The van der Waals surface area contributed by atoms with Crippen molar-refractivity contribution in [2.24, 2.45) is 5.73 Å². The molecule has 10 nitrogen and oxygen atoms in total. The van der Waals surface area contributed by atoms with Crippen LogP contribution in [-0.2, 0) is 6.54 Å². The van der Waals surface area contributed by atoms with Gasteiger partial charge in [0.2, 0.25) is 5.95 Å². The molecule has 2 heterocycles. The summed E-state index contributed by atoms with van der Waals surface area (Å²) < 4.78 is 2.23. The summed E-state index contributed by atoms with van der Waals surface area (Å²) in [5.41, 5.74) is 9.12. The molecule has 5 rings (SSSR count). The van der Waals surface area contributed by atoms with E-state index in [-0.39, 0.29) is 0 Å². The maximum absolute atomic E-state index is 11.0. The highest BCUT2D eigenvalue weighted by Gasteiger charge is 2.23. The minimum Gasteiger partial charge on any atom is -0.478 e. The predicted octanol–water partition coefficient (Wildman–Crippen LogP) is 3.52. The number of aromatic carboxylic acids is 1. The molecule has 1 aromatic carbocycles. The number of carboxylic acids is 1. The third kappa shape index (κ3) is 5.76. The second-order valence-corrected chi connectivity index (χ2v) is 10.0. The van der Waals surface area contributed by atoms with E-state index in [2.05, 4.69) is 20.5 Å². The number of nitrogens with two attached hydrogens (primary N) is 1. The number of hydrogen-bond donors (Lipinski definition) is 5. The quantitative estimate of drug-likeness (QED) is 0.269. The Kier molecular flexibility index (Phi) is 7.62. The van der Waals surface area contributed by atoms with Crippen LogP contribution in [0.2, 0.25) is 0 Å². The van der Waals surface area contributed by atoms with Crippen LogP contribution in [0, 0.1) is 0 Å². The lowest BCUT2D eigenvalue weighted by Crippen LogP contribution is -2.33. The molecule has 10 heteroatoms. The van der Waals surface area contributed by atoms with Gasteiger partial charge in [0.25, 0.3) is 0 Å². The second kappa shape index (κ2) is 11.2. The first-order valence-corrected chi connectivity index (χ1v) is 13.1. The van der Waals surface area contributed by atoms with E-state index in [0.29, 0.717) is 42.7 Å². The van der Waals surface area contributed by atoms with Gasteiger partial charge in [0, 0.05) is 37.8 Å². The van der Waals surface area contributed by atoms with Crippen molar-refractivity contribution in [3.63, 3.8) is 0 Å². The summed E-state index contributed by atoms with van der Waals surface area (Å²) in [6.45, 7) is 2.06. The van der Waals surface area contributed by atoms with E-state index in [1.165, 1.54) is 25.7 Å². The van der Waals surface area contributed by atoms with Crippen LogP contribution in [0.15, 0.2) is 30.6 Å². The van der Waals surface area contributed by atoms with E-state index in [1.807, 2.05) is 18.5 Å². The fourth-order valence-electron chi connectivity index (χ4n) is 5.27.